The number of amides is 1. The summed E-state index contributed by atoms with van der Waals surface area (Å²) in [5, 5.41) is 0.630. The summed E-state index contributed by atoms with van der Waals surface area (Å²) in [5.74, 6) is 0.523. The Hall–Kier alpha value is -0.930. The Morgan fingerprint density at radius 2 is 2.17 bits per heavy atom. The molecule has 1 amide bonds. The number of hydrogen-bond acceptors (Lipinski definition) is 2. The first-order chi connectivity index (χ1) is 8.49. The maximum Gasteiger partial charge on any atom is 0.253 e. The fourth-order valence-corrected chi connectivity index (χ4v) is 2.63. The average molecular weight is 287 g/mol. The highest BCUT2D eigenvalue weighted by Crippen LogP contribution is 2.30. The van der Waals surface area contributed by atoms with E-state index in [1.54, 1.807) is 12.1 Å². The van der Waals surface area contributed by atoms with Crippen LogP contribution < -0.4 is 5.73 Å². The van der Waals surface area contributed by atoms with Gasteiger partial charge in [-0.3, -0.25) is 4.79 Å². The van der Waals surface area contributed by atoms with E-state index < -0.39 is 0 Å². The molecular formula is C13H16Cl2N2O. The smallest absolute Gasteiger partial charge is 0.253 e. The van der Waals surface area contributed by atoms with E-state index >= 15 is 0 Å². The number of hydrogen-bond donors (Lipinski definition) is 1. The van der Waals surface area contributed by atoms with Crippen LogP contribution in [0.15, 0.2) is 12.1 Å². The quantitative estimate of drug-likeness (QED) is 0.804. The van der Waals surface area contributed by atoms with Crippen molar-refractivity contribution in [1.29, 1.82) is 0 Å². The van der Waals surface area contributed by atoms with Crippen LogP contribution in [0.1, 0.15) is 30.1 Å². The lowest BCUT2D eigenvalue weighted by atomic mass is 9.99. The zero-order chi connectivity index (χ0) is 13.3. The van der Waals surface area contributed by atoms with Crippen LogP contribution in [0.3, 0.4) is 0 Å². The van der Waals surface area contributed by atoms with E-state index in [2.05, 4.69) is 6.92 Å². The van der Waals surface area contributed by atoms with Crippen molar-refractivity contribution < 1.29 is 4.79 Å². The number of halogens is 2. The van der Waals surface area contributed by atoms with Crippen molar-refractivity contribution in [2.75, 3.05) is 18.8 Å². The maximum atomic E-state index is 12.3. The van der Waals surface area contributed by atoms with Crippen molar-refractivity contribution in [2.45, 2.75) is 19.8 Å². The molecule has 1 atom stereocenters. The molecule has 2 N–H and O–H groups in total. The summed E-state index contributed by atoms with van der Waals surface area (Å²) >= 11 is 11.8. The second-order valence-corrected chi connectivity index (χ2v) is 5.65. The fraction of sp³-hybridized carbons (Fsp3) is 0.462. The summed E-state index contributed by atoms with van der Waals surface area (Å²) in [4.78, 5) is 14.2. The number of benzene rings is 1. The Morgan fingerprint density at radius 3 is 2.78 bits per heavy atom. The molecule has 0 unspecified atom stereocenters. The molecule has 98 valence electrons. The lowest BCUT2D eigenvalue weighted by Gasteiger charge is -2.31. The number of nitrogens with two attached hydrogens (primary N) is 1. The standard InChI is InChI=1S/C13H16Cl2N2O/c1-8-3-2-4-17(7-8)13(18)9-5-10(14)12(15)11(16)6-9/h5-6,8H,2-4,7,16H2,1H3/t8-/m1/s1. The van der Waals surface area contributed by atoms with Crippen LogP contribution in [-0.2, 0) is 0 Å². The first-order valence-electron chi connectivity index (χ1n) is 6.03. The number of nitrogens with zero attached hydrogens (tertiary/aromatic N) is 1. The van der Waals surface area contributed by atoms with Crippen LogP contribution >= 0.6 is 23.2 Å². The molecule has 0 spiro atoms. The van der Waals surface area contributed by atoms with Crippen molar-refractivity contribution >= 4 is 34.8 Å². The van der Waals surface area contributed by atoms with Crippen LogP contribution in [0.4, 0.5) is 5.69 Å². The van der Waals surface area contributed by atoms with Gasteiger partial charge in [-0.25, -0.2) is 0 Å². The van der Waals surface area contributed by atoms with Crippen LogP contribution in [0.5, 0.6) is 0 Å². The molecule has 18 heavy (non-hydrogen) atoms. The minimum Gasteiger partial charge on any atom is -0.397 e. The minimum absolute atomic E-state index is 0.0215. The predicted octanol–water partition coefficient (Wildman–Crippen LogP) is 3.45. The molecule has 1 aliphatic rings. The van der Waals surface area contributed by atoms with Gasteiger partial charge in [0.05, 0.1) is 15.7 Å². The van der Waals surface area contributed by atoms with E-state index in [0.717, 1.165) is 19.5 Å². The van der Waals surface area contributed by atoms with Crippen LogP contribution in [0.25, 0.3) is 0 Å². The molecule has 0 aliphatic carbocycles. The topological polar surface area (TPSA) is 46.3 Å². The van der Waals surface area contributed by atoms with E-state index in [1.807, 2.05) is 4.90 Å². The number of anilines is 1. The Balaban J connectivity index is 2.23. The summed E-state index contributed by atoms with van der Waals surface area (Å²) in [6, 6.07) is 3.18. The van der Waals surface area contributed by atoms with Gasteiger partial charge in [0.25, 0.3) is 5.91 Å². The van der Waals surface area contributed by atoms with Gasteiger partial charge in [0.15, 0.2) is 0 Å². The zero-order valence-corrected chi connectivity index (χ0v) is 11.8. The SMILES string of the molecule is C[C@@H]1CCCN(C(=O)c2cc(N)c(Cl)c(Cl)c2)C1. The number of rotatable bonds is 1. The van der Waals surface area contributed by atoms with E-state index in [4.69, 9.17) is 28.9 Å². The number of carbonyl (C=O) groups excluding carboxylic acids is 1. The molecule has 1 heterocycles. The van der Waals surface area contributed by atoms with E-state index in [1.165, 1.54) is 6.42 Å². The van der Waals surface area contributed by atoms with Gasteiger partial charge in [-0.2, -0.15) is 0 Å². The third-order valence-electron chi connectivity index (χ3n) is 3.25. The van der Waals surface area contributed by atoms with Crippen molar-refractivity contribution in [3.63, 3.8) is 0 Å². The predicted molar refractivity (Wildman–Crippen MR) is 75.2 cm³/mol. The fourth-order valence-electron chi connectivity index (χ4n) is 2.29. The van der Waals surface area contributed by atoms with Gasteiger partial charge in [0.1, 0.15) is 0 Å². The van der Waals surface area contributed by atoms with Crippen LogP contribution in [0.2, 0.25) is 10.0 Å². The van der Waals surface area contributed by atoms with Gasteiger partial charge in [-0.1, -0.05) is 30.1 Å². The molecule has 0 saturated carbocycles. The monoisotopic (exact) mass is 286 g/mol. The molecular weight excluding hydrogens is 271 g/mol. The molecule has 5 heteroatoms. The molecule has 0 aromatic heterocycles. The Bertz CT molecular complexity index is 453. The van der Waals surface area contributed by atoms with E-state index in [9.17, 15) is 4.79 Å². The summed E-state index contributed by atoms with van der Waals surface area (Å²) in [5.41, 5.74) is 6.58. The largest absolute Gasteiger partial charge is 0.397 e. The normalized spacial score (nSPS) is 19.9. The van der Waals surface area contributed by atoms with E-state index in [0.29, 0.717) is 27.2 Å². The van der Waals surface area contributed by atoms with Gasteiger partial charge in [-0.15, -0.1) is 0 Å². The van der Waals surface area contributed by atoms with Gasteiger partial charge in [-0.05, 0) is 30.9 Å². The minimum atomic E-state index is -0.0215. The van der Waals surface area contributed by atoms with E-state index in [-0.39, 0.29) is 5.91 Å². The van der Waals surface area contributed by atoms with Crippen molar-refractivity contribution in [1.82, 2.24) is 4.90 Å². The Labute approximate surface area is 117 Å². The summed E-state index contributed by atoms with van der Waals surface area (Å²) < 4.78 is 0. The molecule has 0 radical (unpaired) electrons. The first kappa shape index (κ1) is 13.5. The molecule has 2 rings (SSSR count). The number of likely N-dealkylation sites (tertiary alicyclic amines) is 1. The summed E-state index contributed by atoms with van der Waals surface area (Å²) in [6.45, 7) is 3.74. The van der Waals surface area contributed by atoms with Gasteiger partial charge >= 0.3 is 0 Å². The number of carbonyl (C=O) groups is 1. The number of nitrogen functional groups attached to an aromatic ring is 1. The van der Waals surface area contributed by atoms with Gasteiger partial charge in [0, 0.05) is 18.7 Å². The highest BCUT2D eigenvalue weighted by molar-refractivity contribution is 6.43. The lowest BCUT2D eigenvalue weighted by molar-refractivity contribution is 0.0683. The highest BCUT2D eigenvalue weighted by atomic mass is 35.5. The Morgan fingerprint density at radius 1 is 1.44 bits per heavy atom. The summed E-state index contributed by atoms with van der Waals surface area (Å²) in [7, 11) is 0. The average Bonchev–Trinajstić information content (AvgIpc) is 2.34. The molecule has 3 nitrogen and oxygen atoms in total. The van der Waals surface area contributed by atoms with Gasteiger partial charge < -0.3 is 10.6 Å². The third-order valence-corrected chi connectivity index (χ3v) is 4.06. The number of piperidine rings is 1. The molecule has 1 saturated heterocycles. The zero-order valence-electron chi connectivity index (χ0n) is 10.2. The first-order valence-corrected chi connectivity index (χ1v) is 6.78. The maximum absolute atomic E-state index is 12.3. The highest BCUT2D eigenvalue weighted by Gasteiger charge is 2.23. The van der Waals surface area contributed by atoms with Gasteiger partial charge in [0.2, 0.25) is 0 Å². The Kier molecular flexibility index (Phi) is 4.03. The van der Waals surface area contributed by atoms with Crippen molar-refractivity contribution in [3.8, 4) is 0 Å². The molecule has 1 aliphatic heterocycles. The van der Waals surface area contributed by atoms with Crippen LogP contribution in [0, 0.1) is 5.92 Å². The van der Waals surface area contributed by atoms with Crippen molar-refractivity contribution in [2.24, 2.45) is 5.92 Å². The molecule has 0 bridgehead atoms. The molecule has 1 aromatic carbocycles. The third kappa shape index (κ3) is 2.73. The second kappa shape index (κ2) is 5.37. The molecule has 1 aromatic rings. The van der Waals surface area contributed by atoms with Crippen LogP contribution in [-0.4, -0.2) is 23.9 Å². The lowest BCUT2D eigenvalue weighted by Crippen LogP contribution is -2.39. The van der Waals surface area contributed by atoms with Crippen molar-refractivity contribution in [3.05, 3.63) is 27.7 Å². The molecule has 1 fully saturated rings. The summed E-state index contributed by atoms with van der Waals surface area (Å²) in [6.07, 6.45) is 2.22. The second-order valence-electron chi connectivity index (χ2n) is 4.86.